The van der Waals surface area contributed by atoms with Crippen molar-refractivity contribution in [3.8, 4) is 11.3 Å². The second-order valence-corrected chi connectivity index (χ2v) is 7.58. The Kier molecular flexibility index (Phi) is 4.18. The van der Waals surface area contributed by atoms with Gasteiger partial charge < -0.3 is 14.0 Å². The van der Waals surface area contributed by atoms with Crippen LogP contribution in [-0.2, 0) is 6.54 Å². The number of aromatic nitrogens is 5. The minimum Gasteiger partial charge on any atom is -0.464 e. The molecular formula is C16H15N5O2S2. The van der Waals surface area contributed by atoms with E-state index in [1.54, 1.807) is 18.7 Å². The van der Waals surface area contributed by atoms with E-state index in [9.17, 15) is 4.79 Å². The predicted molar refractivity (Wildman–Crippen MR) is 97.9 cm³/mol. The van der Waals surface area contributed by atoms with Crippen molar-refractivity contribution in [3.05, 3.63) is 46.3 Å². The van der Waals surface area contributed by atoms with Crippen LogP contribution in [0.1, 0.15) is 24.9 Å². The van der Waals surface area contributed by atoms with Crippen molar-refractivity contribution < 1.29 is 4.42 Å². The van der Waals surface area contributed by atoms with Crippen LogP contribution in [0.2, 0.25) is 0 Å². The van der Waals surface area contributed by atoms with Gasteiger partial charge in [0.15, 0.2) is 5.16 Å². The molecule has 0 spiro atoms. The molecule has 4 aromatic heterocycles. The molecule has 0 saturated carbocycles. The summed E-state index contributed by atoms with van der Waals surface area (Å²) in [6.07, 6.45) is 3.29. The Bertz CT molecular complexity index is 1060. The molecule has 0 aliphatic rings. The smallest absolute Gasteiger partial charge is 0.260 e. The van der Waals surface area contributed by atoms with Crippen molar-refractivity contribution in [2.75, 3.05) is 0 Å². The van der Waals surface area contributed by atoms with Crippen LogP contribution >= 0.6 is 23.1 Å². The van der Waals surface area contributed by atoms with Gasteiger partial charge in [0.05, 0.1) is 16.9 Å². The van der Waals surface area contributed by atoms with Crippen LogP contribution < -0.4 is 5.56 Å². The highest BCUT2D eigenvalue weighted by Gasteiger charge is 2.19. The van der Waals surface area contributed by atoms with Crippen LogP contribution in [0.3, 0.4) is 0 Å². The molecule has 0 amide bonds. The molecule has 0 bridgehead atoms. The number of nitrogens with zero attached hydrogens (tertiary/aromatic N) is 4. The van der Waals surface area contributed by atoms with Gasteiger partial charge >= 0.3 is 0 Å². The zero-order valence-corrected chi connectivity index (χ0v) is 15.2. The summed E-state index contributed by atoms with van der Waals surface area (Å²) < 4.78 is 7.37. The molecule has 4 rings (SSSR count). The van der Waals surface area contributed by atoms with E-state index < -0.39 is 0 Å². The van der Waals surface area contributed by atoms with Crippen molar-refractivity contribution in [1.29, 1.82) is 0 Å². The predicted octanol–water partition coefficient (Wildman–Crippen LogP) is 3.71. The Morgan fingerprint density at radius 3 is 3.12 bits per heavy atom. The third-order valence-electron chi connectivity index (χ3n) is 3.84. The first-order valence-electron chi connectivity index (χ1n) is 7.77. The fraction of sp³-hybridized carbons (Fsp3) is 0.250. The minimum absolute atomic E-state index is 0.0548. The number of H-pyrrole nitrogens is 1. The molecule has 128 valence electrons. The van der Waals surface area contributed by atoms with Gasteiger partial charge in [-0.05, 0) is 26.0 Å². The van der Waals surface area contributed by atoms with Gasteiger partial charge in [-0.2, -0.15) is 0 Å². The van der Waals surface area contributed by atoms with E-state index in [-0.39, 0.29) is 10.8 Å². The van der Waals surface area contributed by atoms with E-state index in [1.807, 2.05) is 29.9 Å². The van der Waals surface area contributed by atoms with Gasteiger partial charge in [-0.15, -0.1) is 21.5 Å². The number of hydrogen-bond donors (Lipinski definition) is 1. The van der Waals surface area contributed by atoms with E-state index in [2.05, 4.69) is 20.2 Å². The molecular weight excluding hydrogens is 358 g/mol. The molecule has 0 aromatic carbocycles. The normalized spacial score (nSPS) is 12.7. The average molecular weight is 373 g/mol. The topological polar surface area (TPSA) is 89.6 Å². The summed E-state index contributed by atoms with van der Waals surface area (Å²) in [5.41, 5.74) is 0.619. The van der Waals surface area contributed by atoms with Crippen molar-refractivity contribution in [1.82, 2.24) is 24.7 Å². The van der Waals surface area contributed by atoms with E-state index in [4.69, 9.17) is 4.42 Å². The summed E-state index contributed by atoms with van der Waals surface area (Å²) in [5.74, 6) is 1.30. The van der Waals surface area contributed by atoms with Crippen LogP contribution in [0.4, 0.5) is 0 Å². The van der Waals surface area contributed by atoms with E-state index >= 15 is 0 Å². The highest BCUT2D eigenvalue weighted by Crippen LogP contribution is 2.34. The second-order valence-electron chi connectivity index (χ2n) is 5.42. The van der Waals surface area contributed by atoms with Crippen molar-refractivity contribution in [3.63, 3.8) is 0 Å². The molecule has 9 heteroatoms. The first-order chi connectivity index (χ1) is 12.2. The third kappa shape index (κ3) is 2.89. The molecule has 1 N–H and O–H groups in total. The van der Waals surface area contributed by atoms with Gasteiger partial charge in [0.2, 0.25) is 0 Å². The summed E-state index contributed by atoms with van der Waals surface area (Å²) in [6, 6.07) is 3.64. The Labute approximate surface area is 151 Å². The maximum absolute atomic E-state index is 12.6. The van der Waals surface area contributed by atoms with Gasteiger partial charge in [0.1, 0.15) is 22.7 Å². The number of thiophene rings is 1. The van der Waals surface area contributed by atoms with Gasteiger partial charge in [0.25, 0.3) is 5.56 Å². The molecule has 1 atom stereocenters. The van der Waals surface area contributed by atoms with E-state index in [0.717, 1.165) is 17.3 Å². The zero-order valence-electron chi connectivity index (χ0n) is 13.6. The lowest BCUT2D eigenvalue weighted by Gasteiger charge is -2.10. The number of fused-ring (bicyclic) bond motifs is 1. The van der Waals surface area contributed by atoms with Crippen LogP contribution in [0.25, 0.3) is 21.5 Å². The Hall–Kier alpha value is -2.39. The largest absolute Gasteiger partial charge is 0.464 e. The number of rotatable bonds is 5. The fourth-order valence-electron chi connectivity index (χ4n) is 2.54. The number of aryl methyl sites for hydroxylation is 1. The molecule has 0 radical (unpaired) electrons. The minimum atomic E-state index is -0.156. The fourth-order valence-corrected chi connectivity index (χ4v) is 4.42. The van der Waals surface area contributed by atoms with Crippen LogP contribution in [0, 0.1) is 0 Å². The lowest BCUT2D eigenvalue weighted by molar-refractivity contribution is 0.583. The number of aromatic amines is 1. The molecule has 25 heavy (non-hydrogen) atoms. The van der Waals surface area contributed by atoms with Gasteiger partial charge in [-0.25, -0.2) is 4.98 Å². The molecule has 4 aromatic rings. The summed E-state index contributed by atoms with van der Waals surface area (Å²) >= 11 is 2.96. The number of nitrogens with one attached hydrogen (secondary N) is 1. The summed E-state index contributed by atoms with van der Waals surface area (Å²) in [5, 5.41) is 11.3. The summed E-state index contributed by atoms with van der Waals surface area (Å²) in [4.78, 5) is 20.9. The maximum atomic E-state index is 12.6. The molecule has 0 aliphatic carbocycles. The lowest BCUT2D eigenvalue weighted by Crippen LogP contribution is -2.12. The van der Waals surface area contributed by atoms with Crippen molar-refractivity contribution >= 4 is 33.3 Å². The summed E-state index contributed by atoms with van der Waals surface area (Å²) in [7, 11) is 0. The maximum Gasteiger partial charge on any atom is 0.260 e. The number of thioether (sulfide) groups is 1. The quantitative estimate of drug-likeness (QED) is 0.536. The summed E-state index contributed by atoms with van der Waals surface area (Å²) in [6.45, 7) is 4.82. The Balaban J connectivity index is 1.71. The van der Waals surface area contributed by atoms with Gasteiger partial charge in [-0.3, -0.25) is 4.79 Å². The Morgan fingerprint density at radius 2 is 2.36 bits per heavy atom. The van der Waals surface area contributed by atoms with Crippen LogP contribution in [0.5, 0.6) is 0 Å². The molecule has 0 aliphatic heterocycles. The first kappa shape index (κ1) is 16.1. The number of furan rings is 1. The highest BCUT2D eigenvalue weighted by atomic mass is 32.2. The first-order valence-corrected chi connectivity index (χ1v) is 9.53. The molecule has 0 fully saturated rings. The van der Waals surface area contributed by atoms with Crippen LogP contribution in [0.15, 0.2) is 44.5 Å². The highest BCUT2D eigenvalue weighted by molar-refractivity contribution is 7.99. The molecule has 1 unspecified atom stereocenters. The van der Waals surface area contributed by atoms with Gasteiger partial charge in [0, 0.05) is 17.5 Å². The third-order valence-corrected chi connectivity index (χ3v) is 5.81. The van der Waals surface area contributed by atoms with Crippen molar-refractivity contribution in [2.45, 2.75) is 30.8 Å². The molecule has 0 saturated heterocycles. The molecule has 4 heterocycles. The van der Waals surface area contributed by atoms with Crippen LogP contribution in [-0.4, -0.2) is 24.7 Å². The average Bonchev–Trinajstić information content (AvgIpc) is 3.34. The molecule has 7 nitrogen and oxygen atoms in total. The zero-order chi connectivity index (χ0) is 17.4. The van der Waals surface area contributed by atoms with Crippen molar-refractivity contribution in [2.24, 2.45) is 0 Å². The second kappa shape index (κ2) is 6.49. The van der Waals surface area contributed by atoms with E-state index in [1.165, 1.54) is 23.1 Å². The van der Waals surface area contributed by atoms with E-state index in [0.29, 0.717) is 21.8 Å². The SMILES string of the molecule is CCn1cnnc1SC(C)c1nc2scc(-c3ccco3)c2c(=O)[nH]1. The lowest BCUT2D eigenvalue weighted by atomic mass is 10.2. The standard InChI is InChI=1S/C16H15N5O2S2/c1-3-21-8-17-20-16(21)25-9(2)13-18-14(22)12-10(7-24-15(12)19-13)11-5-4-6-23-11/h4-9H,3H2,1-2H3,(H,18,19,22). The van der Waals surface area contributed by atoms with Gasteiger partial charge in [-0.1, -0.05) is 11.8 Å². The monoisotopic (exact) mass is 373 g/mol. The number of hydrogen-bond acceptors (Lipinski definition) is 7. The Morgan fingerprint density at radius 1 is 1.48 bits per heavy atom.